The number of esters is 1. The molecule has 0 fully saturated rings. The van der Waals surface area contributed by atoms with E-state index in [0.29, 0.717) is 0 Å². The van der Waals surface area contributed by atoms with Gasteiger partial charge in [-0.25, -0.2) is 14.5 Å². The van der Waals surface area contributed by atoms with Gasteiger partial charge in [0.05, 0.1) is 18.4 Å². The van der Waals surface area contributed by atoms with E-state index in [1.807, 2.05) is 60.7 Å². The molecule has 0 unspecified atom stereocenters. The van der Waals surface area contributed by atoms with Crippen molar-refractivity contribution in [1.82, 2.24) is 0 Å². The molecular weight excluding hydrogens is 370 g/mol. The number of hydrogen-bond acceptors (Lipinski definition) is 5. The Morgan fingerprint density at radius 3 is 1.97 bits per heavy atom. The minimum absolute atomic E-state index is 0.0990. The van der Waals surface area contributed by atoms with Gasteiger partial charge in [-0.05, 0) is 17.2 Å². The fourth-order valence-electron chi connectivity index (χ4n) is 2.53. The molecule has 0 aliphatic heterocycles. The third-order valence-electron chi connectivity index (χ3n) is 4.05. The van der Waals surface area contributed by atoms with Crippen LogP contribution in [-0.4, -0.2) is 18.6 Å². The van der Waals surface area contributed by atoms with Gasteiger partial charge in [0.15, 0.2) is 0 Å². The van der Waals surface area contributed by atoms with Gasteiger partial charge in [-0.1, -0.05) is 67.2 Å². The lowest BCUT2D eigenvalue weighted by molar-refractivity contribution is -0.140. The summed E-state index contributed by atoms with van der Waals surface area (Å²) in [6.07, 6.45) is 0.782. The Morgan fingerprint density at radius 2 is 1.41 bits per heavy atom. The van der Waals surface area contributed by atoms with Crippen molar-refractivity contribution in [2.75, 3.05) is 11.4 Å². The molecule has 0 saturated heterocycles. The highest BCUT2D eigenvalue weighted by molar-refractivity contribution is 5.93. The Labute approximate surface area is 169 Å². The maximum absolute atomic E-state index is 12.6. The normalized spacial score (nSPS) is 10.2. The van der Waals surface area contributed by atoms with E-state index in [1.165, 1.54) is 11.2 Å². The smallest absolute Gasteiger partial charge is 0.417 e. The van der Waals surface area contributed by atoms with Gasteiger partial charge < -0.3 is 13.9 Å². The van der Waals surface area contributed by atoms with Gasteiger partial charge in [0, 0.05) is 6.07 Å². The maximum atomic E-state index is 12.6. The Hall–Kier alpha value is -3.80. The molecule has 3 aromatic rings. The standard InChI is InChI=1S/C23H21NO5/c1-18(22(25)28-16-19-9-4-2-5-10-19)15-24(21-13-8-14-27-21)23(26)29-17-20-11-6-3-7-12-20/h2-14H,1,15-17H2. The largest absolute Gasteiger partial charge is 0.457 e. The first kappa shape index (κ1) is 19.9. The lowest BCUT2D eigenvalue weighted by Crippen LogP contribution is -2.34. The van der Waals surface area contributed by atoms with Crippen molar-refractivity contribution in [2.45, 2.75) is 13.2 Å². The molecule has 6 heteroatoms. The van der Waals surface area contributed by atoms with Crippen LogP contribution in [0.25, 0.3) is 0 Å². The van der Waals surface area contributed by atoms with E-state index in [0.717, 1.165) is 11.1 Å². The average molecular weight is 391 g/mol. The van der Waals surface area contributed by atoms with Gasteiger partial charge in [0.1, 0.15) is 13.2 Å². The second-order valence-electron chi connectivity index (χ2n) is 6.24. The molecule has 1 heterocycles. The number of benzene rings is 2. The first-order valence-corrected chi connectivity index (χ1v) is 9.04. The fraction of sp³-hybridized carbons (Fsp3) is 0.130. The summed E-state index contributed by atoms with van der Waals surface area (Å²) in [5.74, 6) is -0.346. The number of anilines is 1. The van der Waals surface area contributed by atoms with E-state index < -0.39 is 12.1 Å². The van der Waals surface area contributed by atoms with Crippen LogP contribution in [0.5, 0.6) is 0 Å². The van der Waals surface area contributed by atoms with Gasteiger partial charge in [0.25, 0.3) is 0 Å². The molecule has 3 rings (SSSR count). The lowest BCUT2D eigenvalue weighted by atomic mass is 10.2. The molecule has 1 amide bonds. The molecule has 0 aliphatic carbocycles. The summed E-state index contributed by atoms with van der Waals surface area (Å²) < 4.78 is 15.9. The molecule has 29 heavy (non-hydrogen) atoms. The lowest BCUT2D eigenvalue weighted by Gasteiger charge is -2.20. The molecule has 148 valence electrons. The van der Waals surface area contributed by atoms with Crippen LogP contribution in [0.3, 0.4) is 0 Å². The number of furan rings is 1. The number of rotatable bonds is 8. The van der Waals surface area contributed by atoms with Crippen molar-refractivity contribution in [3.8, 4) is 0 Å². The molecule has 0 bridgehead atoms. The number of carbonyl (C=O) groups excluding carboxylic acids is 2. The fourth-order valence-corrected chi connectivity index (χ4v) is 2.53. The summed E-state index contributed by atoms with van der Waals surface area (Å²) in [4.78, 5) is 26.1. The quantitative estimate of drug-likeness (QED) is 0.410. The van der Waals surface area contributed by atoms with Crippen LogP contribution in [0, 0.1) is 0 Å². The van der Waals surface area contributed by atoms with Gasteiger partial charge in [-0.15, -0.1) is 0 Å². The Kier molecular flexibility index (Phi) is 6.84. The first-order valence-electron chi connectivity index (χ1n) is 9.04. The SMILES string of the molecule is C=C(CN(C(=O)OCc1ccccc1)c1ccco1)C(=O)OCc1ccccc1. The van der Waals surface area contributed by atoms with Crippen molar-refractivity contribution in [3.05, 3.63) is 102 Å². The van der Waals surface area contributed by atoms with E-state index in [1.54, 1.807) is 12.1 Å². The third kappa shape index (κ3) is 5.84. The highest BCUT2D eigenvalue weighted by Crippen LogP contribution is 2.18. The molecule has 0 saturated carbocycles. The van der Waals surface area contributed by atoms with E-state index >= 15 is 0 Å². The molecule has 2 aromatic carbocycles. The second kappa shape index (κ2) is 9.94. The Balaban J connectivity index is 1.60. The molecule has 6 nitrogen and oxygen atoms in total. The second-order valence-corrected chi connectivity index (χ2v) is 6.24. The van der Waals surface area contributed by atoms with Crippen LogP contribution in [0.1, 0.15) is 11.1 Å². The molecule has 0 spiro atoms. The van der Waals surface area contributed by atoms with E-state index in [4.69, 9.17) is 13.9 Å². The summed E-state index contributed by atoms with van der Waals surface area (Å²) in [6, 6.07) is 21.9. The summed E-state index contributed by atoms with van der Waals surface area (Å²) in [5, 5.41) is 0. The first-order chi connectivity index (χ1) is 14.1. The summed E-state index contributed by atoms with van der Waals surface area (Å²) >= 11 is 0. The number of hydrogen-bond donors (Lipinski definition) is 0. The zero-order valence-corrected chi connectivity index (χ0v) is 15.8. The van der Waals surface area contributed by atoms with Crippen LogP contribution in [0.4, 0.5) is 10.7 Å². The van der Waals surface area contributed by atoms with Crippen LogP contribution >= 0.6 is 0 Å². The molecule has 0 atom stereocenters. The van der Waals surface area contributed by atoms with Gasteiger partial charge in [-0.2, -0.15) is 0 Å². The number of carbonyl (C=O) groups is 2. The molecule has 0 N–H and O–H groups in total. The van der Waals surface area contributed by atoms with Crippen LogP contribution < -0.4 is 4.90 Å². The minimum atomic E-state index is -0.652. The van der Waals surface area contributed by atoms with Crippen molar-refractivity contribution in [1.29, 1.82) is 0 Å². The topological polar surface area (TPSA) is 69.0 Å². The zero-order valence-electron chi connectivity index (χ0n) is 15.8. The highest BCUT2D eigenvalue weighted by Gasteiger charge is 2.23. The van der Waals surface area contributed by atoms with Crippen LogP contribution in [0.15, 0.2) is 95.6 Å². The van der Waals surface area contributed by atoms with E-state index in [9.17, 15) is 9.59 Å². The Bertz CT molecular complexity index is 936. The summed E-state index contributed by atoms with van der Waals surface area (Å²) in [5.41, 5.74) is 1.81. The monoisotopic (exact) mass is 391 g/mol. The van der Waals surface area contributed by atoms with Crippen LogP contribution in [-0.2, 0) is 27.5 Å². The van der Waals surface area contributed by atoms with Gasteiger partial charge in [-0.3, -0.25) is 0 Å². The predicted molar refractivity (Wildman–Crippen MR) is 108 cm³/mol. The minimum Gasteiger partial charge on any atom is -0.457 e. The number of nitrogens with zero attached hydrogens (tertiary/aromatic N) is 1. The summed E-state index contributed by atoms with van der Waals surface area (Å²) in [7, 11) is 0. The molecule has 1 aromatic heterocycles. The number of ether oxygens (including phenoxy) is 2. The van der Waals surface area contributed by atoms with E-state index in [2.05, 4.69) is 6.58 Å². The van der Waals surface area contributed by atoms with Crippen molar-refractivity contribution < 1.29 is 23.5 Å². The van der Waals surface area contributed by atoms with Crippen molar-refractivity contribution in [3.63, 3.8) is 0 Å². The highest BCUT2D eigenvalue weighted by atomic mass is 16.6. The molecular formula is C23H21NO5. The number of amides is 1. The van der Waals surface area contributed by atoms with Crippen molar-refractivity contribution >= 4 is 17.9 Å². The van der Waals surface area contributed by atoms with Crippen LogP contribution in [0.2, 0.25) is 0 Å². The Morgan fingerprint density at radius 1 is 0.828 bits per heavy atom. The third-order valence-corrected chi connectivity index (χ3v) is 4.05. The molecule has 0 radical (unpaired) electrons. The zero-order chi connectivity index (χ0) is 20.5. The summed E-state index contributed by atoms with van der Waals surface area (Å²) in [6.45, 7) is 3.86. The average Bonchev–Trinajstić information content (AvgIpc) is 3.30. The predicted octanol–water partition coefficient (Wildman–Crippen LogP) is 4.72. The van der Waals surface area contributed by atoms with Crippen molar-refractivity contribution in [2.24, 2.45) is 0 Å². The maximum Gasteiger partial charge on any atom is 0.417 e. The van der Waals surface area contributed by atoms with Gasteiger partial charge in [0.2, 0.25) is 5.88 Å². The van der Waals surface area contributed by atoms with E-state index in [-0.39, 0.29) is 31.2 Å². The molecule has 0 aliphatic rings. The van der Waals surface area contributed by atoms with Gasteiger partial charge >= 0.3 is 12.1 Å².